The lowest BCUT2D eigenvalue weighted by molar-refractivity contribution is 0.565. The first-order valence-corrected chi connectivity index (χ1v) is 4.10. The minimum atomic E-state index is 0.635. The second-order valence-electron chi connectivity index (χ2n) is 2.22. The summed E-state index contributed by atoms with van der Waals surface area (Å²) < 4.78 is 5.03. The lowest BCUT2D eigenvalue weighted by atomic mass is 10.2. The van der Waals surface area contributed by atoms with E-state index in [-0.39, 0.29) is 0 Å². The molecule has 2 aromatic rings. The standard InChI is InChI=1S/C8H4N2OS/c11-5-9-7-2-1-3-8-6(7)4-10-12-8/h1-4H. The summed E-state index contributed by atoms with van der Waals surface area (Å²) in [7, 11) is 0. The van der Waals surface area contributed by atoms with Gasteiger partial charge in [0.1, 0.15) is 0 Å². The fraction of sp³-hybridized carbons (Fsp3) is 0. The fourth-order valence-corrected chi connectivity index (χ4v) is 1.69. The average molecular weight is 176 g/mol. The first-order chi connectivity index (χ1) is 5.92. The predicted octanol–water partition coefficient (Wildman–Crippen LogP) is 2.26. The van der Waals surface area contributed by atoms with Crippen molar-refractivity contribution in [3.05, 3.63) is 24.4 Å². The van der Waals surface area contributed by atoms with E-state index in [1.54, 1.807) is 12.3 Å². The lowest BCUT2D eigenvalue weighted by Crippen LogP contribution is -1.64. The summed E-state index contributed by atoms with van der Waals surface area (Å²) in [6.45, 7) is 0. The zero-order valence-corrected chi connectivity index (χ0v) is 6.84. The van der Waals surface area contributed by atoms with Crippen molar-refractivity contribution in [1.82, 2.24) is 4.37 Å². The maximum Gasteiger partial charge on any atom is 0.240 e. The van der Waals surface area contributed by atoms with Crippen LogP contribution in [0.3, 0.4) is 0 Å². The van der Waals surface area contributed by atoms with Crippen LogP contribution in [-0.2, 0) is 4.79 Å². The van der Waals surface area contributed by atoms with E-state index in [1.807, 2.05) is 12.1 Å². The molecule has 0 amide bonds. The van der Waals surface area contributed by atoms with Gasteiger partial charge in [0, 0.05) is 5.39 Å². The van der Waals surface area contributed by atoms with Crippen LogP contribution >= 0.6 is 11.5 Å². The Kier molecular flexibility index (Phi) is 1.70. The third-order valence-corrected chi connectivity index (χ3v) is 2.31. The first kappa shape index (κ1) is 7.16. The second-order valence-corrected chi connectivity index (χ2v) is 3.05. The number of isocyanates is 1. The molecule has 0 saturated carbocycles. The third-order valence-electron chi connectivity index (χ3n) is 1.54. The molecule has 0 aliphatic rings. The quantitative estimate of drug-likeness (QED) is 0.494. The van der Waals surface area contributed by atoms with Crippen LogP contribution in [0.2, 0.25) is 0 Å². The van der Waals surface area contributed by atoms with Crippen LogP contribution in [0.5, 0.6) is 0 Å². The number of hydrogen-bond acceptors (Lipinski definition) is 4. The topological polar surface area (TPSA) is 42.3 Å². The van der Waals surface area contributed by atoms with Gasteiger partial charge in [-0.3, -0.25) is 0 Å². The summed E-state index contributed by atoms with van der Waals surface area (Å²) in [6.07, 6.45) is 3.22. The Bertz CT molecular complexity index is 457. The Morgan fingerprint density at radius 2 is 2.42 bits per heavy atom. The molecule has 1 heterocycles. The monoisotopic (exact) mass is 176 g/mol. The summed E-state index contributed by atoms with van der Waals surface area (Å²) in [5, 5.41) is 0.908. The van der Waals surface area contributed by atoms with Gasteiger partial charge in [-0.1, -0.05) is 6.07 Å². The van der Waals surface area contributed by atoms with Gasteiger partial charge in [-0.05, 0) is 23.7 Å². The van der Waals surface area contributed by atoms with Crippen LogP contribution in [0.4, 0.5) is 5.69 Å². The van der Waals surface area contributed by atoms with Crippen LogP contribution in [0.25, 0.3) is 10.1 Å². The number of hydrogen-bond donors (Lipinski definition) is 0. The van der Waals surface area contributed by atoms with Crippen LogP contribution in [0, 0.1) is 0 Å². The van der Waals surface area contributed by atoms with Gasteiger partial charge in [-0.25, -0.2) is 4.79 Å². The molecule has 12 heavy (non-hydrogen) atoms. The van der Waals surface area contributed by atoms with Crippen molar-refractivity contribution in [3.63, 3.8) is 0 Å². The first-order valence-electron chi connectivity index (χ1n) is 3.33. The van der Waals surface area contributed by atoms with Gasteiger partial charge in [0.15, 0.2) is 0 Å². The van der Waals surface area contributed by atoms with Gasteiger partial charge >= 0.3 is 0 Å². The SMILES string of the molecule is O=C=Nc1cccc2sncc12. The minimum absolute atomic E-state index is 0.635. The molecule has 0 aliphatic heterocycles. The lowest BCUT2D eigenvalue weighted by Gasteiger charge is -1.90. The maximum atomic E-state index is 10.0. The van der Waals surface area contributed by atoms with Crippen molar-refractivity contribution < 1.29 is 4.79 Å². The molecule has 0 radical (unpaired) electrons. The zero-order chi connectivity index (χ0) is 8.39. The summed E-state index contributed by atoms with van der Waals surface area (Å²) >= 11 is 1.39. The molecule has 3 nitrogen and oxygen atoms in total. The summed E-state index contributed by atoms with van der Waals surface area (Å²) in [5.74, 6) is 0. The van der Waals surface area contributed by atoms with E-state index in [1.165, 1.54) is 17.6 Å². The molecule has 0 unspecified atom stereocenters. The Morgan fingerprint density at radius 3 is 3.25 bits per heavy atom. The van der Waals surface area contributed by atoms with E-state index in [2.05, 4.69) is 9.37 Å². The molecule has 1 aromatic heterocycles. The van der Waals surface area contributed by atoms with Gasteiger partial charge in [0.2, 0.25) is 6.08 Å². The van der Waals surface area contributed by atoms with Gasteiger partial charge in [0.25, 0.3) is 0 Å². The molecule has 0 spiro atoms. The normalized spacial score (nSPS) is 9.67. The fourth-order valence-electron chi connectivity index (χ4n) is 1.02. The summed E-state index contributed by atoms with van der Waals surface area (Å²) in [4.78, 5) is 13.6. The van der Waals surface area contributed by atoms with E-state index < -0.39 is 0 Å². The highest BCUT2D eigenvalue weighted by atomic mass is 32.1. The van der Waals surface area contributed by atoms with Crippen molar-refractivity contribution >= 4 is 33.4 Å². The average Bonchev–Trinajstić information content (AvgIpc) is 2.53. The molecule has 58 valence electrons. The molecule has 0 saturated heterocycles. The molecule has 2 rings (SSSR count). The molecule has 0 aliphatic carbocycles. The Hall–Kier alpha value is -1.51. The van der Waals surface area contributed by atoms with Crippen LogP contribution in [-0.4, -0.2) is 10.5 Å². The zero-order valence-electron chi connectivity index (χ0n) is 6.02. The highest BCUT2D eigenvalue weighted by Gasteiger charge is 1.99. The van der Waals surface area contributed by atoms with E-state index in [9.17, 15) is 4.79 Å². The van der Waals surface area contributed by atoms with Crippen molar-refractivity contribution in [1.29, 1.82) is 0 Å². The number of benzene rings is 1. The van der Waals surface area contributed by atoms with E-state index in [4.69, 9.17) is 0 Å². The summed E-state index contributed by atoms with van der Waals surface area (Å²) in [5.41, 5.74) is 0.635. The number of aliphatic imine (C=N–C) groups is 1. The second kappa shape index (κ2) is 2.85. The summed E-state index contributed by atoms with van der Waals surface area (Å²) in [6, 6.07) is 5.55. The van der Waals surface area contributed by atoms with Crippen molar-refractivity contribution in [3.8, 4) is 0 Å². The van der Waals surface area contributed by atoms with Crippen molar-refractivity contribution in [2.24, 2.45) is 4.99 Å². The smallest absolute Gasteiger partial charge is 0.211 e. The predicted molar refractivity (Wildman–Crippen MR) is 47.4 cm³/mol. The van der Waals surface area contributed by atoms with Crippen LogP contribution < -0.4 is 0 Å². The highest BCUT2D eigenvalue weighted by molar-refractivity contribution is 7.13. The minimum Gasteiger partial charge on any atom is -0.211 e. The third kappa shape index (κ3) is 1.03. The Labute approximate surface area is 72.5 Å². The molecule has 0 N–H and O–H groups in total. The largest absolute Gasteiger partial charge is 0.240 e. The van der Waals surface area contributed by atoms with Crippen molar-refractivity contribution in [2.45, 2.75) is 0 Å². The molecule has 0 atom stereocenters. The van der Waals surface area contributed by atoms with Crippen LogP contribution in [0.1, 0.15) is 0 Å². The van der Waals surface area contributed by atoms with Gasteiger partial charge in [-0.2, -0.15) is 9.37 Å². The number of aromatic nitrogens is 1. The van der Waals surface area contributed by atoms with E-state index in [0.717, 1.165) is 10.1 Å². The molecule has 0 fully saturated rings. The highest BCUT2D eigenvalue weighted by Crippen LogP contribution is 2.27. The van der Waals surface area contributed by atoms with E-state index >= 15 is 0 Å². The molecule has 4 heteroatoms. The van der Waals surface area contributed by atoms with Gasteiger partial charge < -0.3 is 0 Å². The number of carbonyl (C=O) groups excluding carboxylic acids is 1. The Balaban J connectivity index is 2.81. The number of fused-ring (bicyclic) bond motifs is 1. The van der Waals surface area contributed by atoms with Crippen LogP contribution in [0.15, 0.2) is 29.4 Å². The number of rotatable bonds is 1. The molecular formula is C8H4N2OS. The maximum absolute atomic E-state index is 10.0. The molecule has 1 aromatic carbocycles. The Morgan fingerprint density at radius 1 is 1.50 bits per heavy atom. The number of nitrogens with zero attached hydrogens (tertiary/aromatic N) is 2. The van der Waals surface area contributed by atoms with Crippen molar-refractivity contribution in [2.75, 3.05) is 0 Å². The van der Waals surface area contributed by atoms with Gasteiger partial charge in [0.05, 0.1) is 16.6 Å². The van der Waals surface area contributed by atoms with E-state index in [0.29, 0.717) is 5.69 Å². The van der Waals surface area contributed by atoms with Gasteiger partial charge in [-0.15, -0.1) is 0 Å². The molecule has 0 bridgehead atoms. The molecular weight excluding hydrogens is 172 g/mol.